The maximum Gasteiger partial charge on any atom is 0.294 e. The molecule has 31 heavy (non-hydrogen) atoms. The number of carbonyl (C=O) groups is 2. The van der Waals surface area contributed by atoms with Crippen molar-refractivity contribution < 1.29 is 27.9 Å². The Hall–Kier alpha value is -4.13. The van der Waals surface area contributed by atoms with Crippen molar-refractivity contribution in [3.8, 4) is 0 Å². The molecule has 1 amide bonds. The fraction of sp³-hybridized carbons (Fsp3) is 0.0833. The van der Waals surface area contributed by atoms with Gasteiger partial charge in [0.2, 0.25) is 5.78 Å². The number of Topliss-reactive ketones (excluding diaryl/α,β-unsaturated/α-hetero) is 1. The van der Waals surface area contributed by atoms with Crippen molar-refractivity contribution in [2.75, 3.05) is 4.90 Å². The monoisotopic (exact) mass is 417 g/mol. The second kappa shape index (κ2) is 6.98. The topological polar surface area (TPSA) is 83.9 Å². The summed E-state index contributed by atoms with van der Waals surface area (Å²) in [5.74, 6) is -1.74. The summed E-state index contributed by atoms with van der Waals surface area (Å²) >= 11 is 0. The number of hydrogen-bond acceptors (Lipinski definition) is 5. The Morgan fingerprint density at radius 2 is 1.77 bits per heavy atom. The molecule has 0 saturated carbocycles. The van der Waals surface area contributed by atoms with Crippen molar-refractivity contribution in [2.45, 2.75) is 13.0 Å². The summed E-state index contributed by atoms with van der Waals surface area (Å²) in [5, 5.41) is 11.4. The van der Waals surface area contributed by atoms with Crippen LogP contribution in [0.2, 0.25) is 0 Å². The third-order valence-electron chi connectivity index (χ3n) is 5.24. The Kier molecular flexibility index (Phi) is 4.25. The normalized spacial score (nSPS) is 16.5. The maximum absolute atomic E-state index is 13.5. The van der Waals surface area contributed by atoms with E-state index in [4.69, 9.17) is 8.83 Å². The van der Waals surface area contributed by atoms with Crippen molar-refractivity contribution in [1.82, 2.24) is 0 Å². The average Bonchev–Trinajstić information content (AvgIpc) is 3.45. The molecule has 2 aromatic heterocycles. The van der Waals surface area contributed by atoms with Crippen molar-refractivity contribution in [2.24, 2.45) is 0 Å². The average molecular weight is 417 g/mol. The lowest BCUT2D eigenvalue weighted by atomic mass is 9.99. The van der Waals surface area contributed by atoms with E-state index in [0.717, 1.165) is 5.39 Å². The van der Waals surface area contributed by atoms with Crippen LogP contribution in [0.3, 0.4) is 0 Å². The lowest BCUT2D eigenvalue weighted by molar-refractivity contribution is -0.117. The highest BCUT2D eigenvalue weighted by Crippen LogP contribution is 2.42. The molecule has 1 atom stereocenters. The number of furan rings is 2. The molecule has 7 heteroatoms. The molecule has 5 rings (SSSR count). The zero-order valence-corrected chi connectivity index (χ0v) is 16.3. The van der Waals surface area contributed by atoms with Gasteiger partial charge in [-0.3, -0.25) is 14.5 Å². The van der Waals surface area contributed by atoms with Gasteiger partial charge < -0.3 is 13.9 Å². The van der Waals surface area contributed by atoms with E-state index in [9.17, 15) is 19.1 Å². The minimum absolute atomic E-state index is 0.00946. The number of carbonyl (C=O) groups excluding carboxylic acids is 2. The van der Waals surface area contributed by atoms with E-state index in [1.54, 1.807) is 43.3 Å². The number of amides is 1. The number of para-hydroxylation sites is 1. The van der Waals surface area contributed by atoms with Crippen molar-refractivity contribution in [1.29, 1.82) is 0 Å². The highest BCUT2D eigenvalue weighted by molar-refractivity contribution is 6.20. The van der Waals surface area contributed by atoms with E-state index < -0.39 is 29.3 Å². The Morgan fingerprint density at radius 3 is 2.45 bits per heavy atom. The number of aryl methyl sites for hydroxylation is 1. The number of ketones is 1. The molecule has 0 spiro atoms. The highest BCUT2D eigenvalue weighted by Gasteiger charge is 2.46. The number of hydrogen-bond donors (Lipinski definition) is 1. The molecule has 0 saturated heterocycles. The number of halogens is 1. The van der Waals surface area contributed by atoms with Gasteiger partial charge in [-0.25, -0.2) is 4.39 Å². The maximum atomic E-state index is 13.5. The summed E-state index contributed by atoms with van der Waals surface area (Å²) in [6.07, 6.45) is 0. The van der Waals surface area contributed by atoms with Crippen LogP contribution < -0.4 is 4.90 Å². The number of rotatable bonds is 4. The standard InChI is InChI=1S/C24H16FNO5/c1-13-6-11-18(30-13)21-20(22(27)19-12-14-4-2-3-5-17(14)31-19)23(28)24(29)26(21)16-9-7-15(25)8-10-16/h2-12,21,28H,1H3. The van der Waals surface area contributed by atoms with Crippen LogP contribution in [-0.4, -0.2) is 16.8 Å². The second-order valence-electron chi connectivity index (χ2n) is 7.24. The summed E-state index contributed by atoms with van der Waals surface area (Å²) in [6.45, 7) is 1.73. The Labute approximate surface area is 175 Å². The van der Waals surface area contributed by atoms with Crippen molar-refractivity contribution >= 4 is 28.3 Å². The van der Waals surface area contributed by atoms with E-state index >= 15 is 0 Å². The summed E-state index contributed by atoms with van der Waals surface area (Å²) in [6, 6.07) is 16.2. The van der Waals surface area contributed by atoms with Crippen molar-refractivity contribution in [3.63, 3.8) is 0 Å². The lowest BCUT2D eigenvalue weighted by Gasteiger charge is -2.24. The largest absolute Gasteiger partial charge is 0.503 e. The molecule has 1 N–H and O–H groups in total. The first kappa shape index (κ1) is 18.9. The van der Waals surface area contributed by atoms with Gasteiger partial charge in [0.05, 0.1) is 5.57 Å². The highest BCUT2D eigenvalue weighted by atomic mass is 19.1. The molecule has 154 valence electrons. The van der Waals surface area contributed by atoms with E-state index in [1.165, 1.54) is 29.2 Å². The summed E-state index contributed by atoms with van der Waals surface area (Å²) in [5.41, 5.74) is 0.656. The molecular formula is C24H16FNO5. The second-order valence-corrected chi connectivity index (χ2v) is 7.24. The van der Waals surface area contributed by atoms with Crippen LogP contribution in [0.5, 0.6) is 0 Å². The van der Waals surface area contributed by atoms with Crippen LogP contribution in [-0.2, 0) is 4.79 Å². The van der Waals surface area contributed by atoms with Gasteiger partial charge in [0.25, 0.3) is 5.91 Å². The van der Waals surface area contributed by atoms with E-state index in [0.29, 0.717) is 22.8 Å². The molecular weight excluding hydrogens is 401 g/mol. The van der Waals surface area contributed by atoms with Crippen LogP contribution >= 0.6 is 0 Å². The SMILES string of the molecule is Cc1ccc(C2C(C(=O)c3cc4ccccc4o3)=C(O)C(=O)N2c2ccc(F)cc2)o1. The number of aliphatic hydroxyl groups excluding tert-OH is 1. The van der Waals surface area contributed by atoms with Gasteiger partial charge in [0.15, 0.2) is 11.5 Å². The van der Waals surface area contributed by atoms with Gasteiger partial charge in [0.1, 0.15) is 29.0 Å². The first-order valence-electron chi connectivity index (χ1n) is 9.56. The molecule has 2 aromatic carbocycles. The fourth-order valence-electron chi connectivity index (χ4n) is 3.80. The van der Waals surface area contributed by atoms with Crippen LogP contribution in [0.15, 0.2) is 86.9 Å². The molecule has 3 heterocycles. The first-order chi connectivity index (χ1) is 14.9. The fourth-order valence-corrected chi connectivity index (χ4v) is 3.80. The van der Waals surface area contributed by atoms with Crippen molar-refractivity contribution in [3.05, 3.63) is 101 Å². The van der Waals surface area contributed by atoms with Gasteiger partial charge >= 0.3 is 0 Å². The van der Waals surface area contributed by atoms with Gasteiger partial charge in [0, 0.05) is 11.1 Å². The molecule has 4 aromatic rings. The van der Waals surface area contributed by atoms with Gasteiger partial charge in [-0.2, -0.15) is 0 Å². The number of anilines is 1. The molecule has 0 fully saturated rings. The van der Waals surface area contributed by atoms with Gasteiger partial charge in [-0.05, 0) is 55.5 Å². The minimum Gasteiger partial charge on any atom is -0.503 e. The smallest absolute Gasteiger partial charge is 0.294 e. The lowest BCUT2D eigenvalue weighted by Crippen LogP contribution is -2.30. The predicted molar refractivity (Wildman–Crippen MR) is 110 cm³/mol. The van der Waals surface area contributed by atoms with Crippen LogP contribution in [0.4, 0.5) is 10.1 Å². The van der Waals surface area contributed by atoms with Gasteiger partial charge in [-0.1, -0.05) is 18.2 Å². The number of nitrogens with zero attached hydrogens (tertiary/aromatic N) is 1. The number of benzene rings is 2. The molecule has 1 aliphatic heterocycles. The van der Waals surface area contributed by atoms with E-state index in [2.05, 4.69) is 0 Å². The molecule has 0 radical (unpaired) electrons. The van der Waals surface area contributed by atoms with E-state index in [-0.39, 0.29) is 11.3 Å². The summed E-state index contributed by atoms with van der Waals surface area (Å²) in [7, 11) is 0. The molecule has 0 aliphatic carbocycles. The Balaban J connectivity index is 1.65. The van der Waals surface area contributed by atoms with Crippen LogP contribution in [0, 0.1) is 12.7 Å². The summed E-state index contributed by atoms with van der Waals surface area (Å²) < 4.78 is 24.8. The third kappa shape index (κ3) is 3.02. The minimum atomic E-state index is -1.03. The van der Waals surface area contributed by atoms with E-state index in [1.807, 2.05) is 6.07 Å². The zero-order chi connectivity index (χ0) is 21.7. The number of aliphatic hydroxyl groups is 1. The number of fused-ring (bicyclic) bond motifs is 1. The van der Waals surface area contributed by atoms with Crippen LogP contribution in [0.25, 0.3) is 11.0 Å². The summed E-state index contributed by atoms with van der Waals surface area (Å²) in [4.78, 5) is 27.6. The Morgan fingerprint density at radius 1 is 1.03 bits per heavy atom. The van der Waals surface area contributed by atoms with Gasteiger partial charge in [-0.15, -0.1) is 0 Å². The first-order valence-corrected chi connectivity index (χ1v) is 9.56. The van der Waals surface area contributed by atoms with Crippen LogP contribution in [0.1, 0.15) is 28.1 Å². The molecule has 1 aliphatic rings. The molecule has 0 bridgehead atoms. The Bertz CT molecular complexity index is 1330. The quantitative estimate of drug-likeness (QED) is 0.458. The zero-order valence-electron chi connectivity index (χ0n) is 16.3. The molecule has 1 unspecified atom stereocenters. The predicted octanol–water partition coefficient (Wildman–Crippen LogP) is 5.26. The third-order valence-corrected chi connectivity index (χ3v) is 5.24. The molecule has 6 nitrogen and oxygen atoms in total.